The number of Topliss-reactive ketones (excluding diaryl/α,β-unsaturated/α-hetero) is 1. The monoisotopic (exact) mass is 445 g/mol. The predicted octanol–water partition coefficient (Wildman–Crippen LogP) is 4.79. The number of nitrogens with zero attached hydrogens (tertiary/aromatic N) is 5. The topological polar surface area (TPSA) is 73.6 Å². The number of ketones is 1. The Hall–Kier alpha value is -2.16. The van der Waals surface area contributed by atoms with Gasteiger partial charge in [0.2, 0.25) is 0 Å². The van der Waals surface area contributed by atoms with Gasteiger partial charge in [-0.1, -0.05) is 53.3 Å². The quantitative estimate of drug-likeness (QED) is 0.203. The van der Waals surface area contributed by atoms with Crippen molar-refractivity contribution in [1.29, 1.82) is 0 Å². The molecule has 0 unspecified atom stereocenters. The molecule has 0 N–H and O–H groups in total. The molecule has 0 saturated carbocycles. The van der Waals surface area contributed by atoms with Crippen LogP contribution in [-0.4, -0.2) is 36.3 Å². The third-order valence-electron chi connectivity index (χ3n) is 3.90. The molecule has 2 heterocycles. The van der Waals surface area contributed by atoms with Gasteiger partial charge in [-0.25, -0.2) is 9.97 Å². The van der Waals surface area contributed by atoms with Gasteiger partial charge >= 0.3 is 0 Å². The first kappa shape index (κ1) is 21.5. The molecule has 0 bridgehead atoms. The van der Waals surface area contributed by atoms with E-state index < -0.39 is 0 Å². The summed E-state index contributed by atoms with van der Waals surface area (Å²) >= 11 is 8.96. The van der Waals surface area contributed by atoms with E-state index in [2.05, 4.69) is 26.7 Å². The summed E-state index contributed by atoms with van der Waals surface area (Å²) in [6.45, 7) is 8.26. The van der Waals surface area contributed by atoms with Gasteiger partial charge in [-0.3, -0.25) is 4.79 Å². The van der Waals surface area contributed by atoms with E-state index in [4.69, 9.17) is 11.6 Å². The zero-order valence-electron chi connectivity index (χ0n) is 16.1. The molecule has 0 radical (unpaired) electrons. The first-order valence-corrected chi connectivity index (χ1v) is 11.2. The van der Waals surface area contributed by atoms with Gasteiger partial charge in [-0.2, -0.15) is 0 Å². The molecular weight excluding hydrogens is 426 g/mol. The van der Waals surface area contributed by atoms with E-state index >= 15 is 0 Å². The highest BCUT2D eigenvalue weighted by atomic mass is 35.5. The van der Waals surface area contributed by atoms with E-state index in [1.165, 1.54) is 23.5 Å². The Morgan fingerprint density at radius 1 is 1.17 bits per heavy atom. The minimum absolute atomic E-state index is 0.0479. The highest BCUT2D eigenvalue weighted by Gasteiger charge is 2.16. The first-order chi connectivity index (χ1) is 14.0. The van der Waals surface area contributed by atoms with Gasteiger partial charge in [-0.15, -0.1) is 16.8 Å². The van der Waals surface area contributed by atoms with Crippen LogP contribution in [0.2, 0.25) is 5.02 Å². The molecular formula is C20H20ClN5OS2. The highest BCUT2D eigenvalue weighted by molar-refractivity contribution is 7.99. The number of aromatic nitrogens is 5. The zero-order chi connectivity index (χ0) is 20.8. The van der Waals surface area contributed by atoms with Gasteiger partial charge in [0.25, 0.3) is 0 Å². The number of rotatable bonds is 9. The molecule has 0 spiro atoms. The van der Waals surface area contributed by atoms with Crippen LogP contribution in [0.25, 0.3) is 0 Å². The summed E-state index contributed by atoms with van der Waals surface area (Å²) in [5.74, 6) is 1.54. The van der Waals surface area contributed by atoms with E-state index in [1.54, 1.807) is 30.3 Å². The molecule has 3 rings (SSSR count). The maximum absolute atomic E-state index is 12.5. The van der Waals surface area contributed by atoms with Gasteiger partial charge in [0.1, 0.15) is 5.82 Å². The minimum Gasteiger partial charge on any atom is -0.301 e. The van der Waals surface area contributed by atoms with E-state index in [1.807, 2.05) is 24.5 Å². The Balaban J connectivity index is 1.70. The number of benzene rings is 1. The molecule has 1 aromatic carbocycles. The molecule has 0 aliphatic heterocycles. The molecule has 0 atom stereocenters. The van der Waals surface area contributed by atoms with Crippen LogP contribution in [0.3, 0.4) is 0 Å². The van der Waals surface area contributed by atoms with Crippen molar-refractivity contribution in [1.82, 2.24) is 24.7 Å². The van der Waals surface area contributed by atoms with Crippen LogP contribution in [0.15, 0.2) is 53.3 Å². The van der Waals surface area contributed by atoms with E-state index in [-0.39, 0.29) is 11.5 Å². The number of carbonyl (C=O) groups is 1. The Labute approximate surface area is 183 Å². The second-order valence-electron chi connectivity index (χ2n) is 6.21. The van der Waals surface area contributed by atoms with Crippen LogP contribution in [0.4, 0.5) is 0 Å². The number of aryl methyl sites for hydroxylation is 2. The van der Waals surface area contributed by atoms with Gasteiger partial charge in [0.05, 0.1) is 16.5 Å². The standard InChI is InChI=1S/C20H20ClN5OS2/c1-4-9-26-18(12-28-19-22-13(2)10-14(3)23-19)24-25-20(26)29-11-17(27)15-7-5-6-8-16(15)21/h4-8,10H,1,9,11-12H2,2-3H3. The second kappa shape index (κ2) is 10.0. The normalized spacial score (nSPS) is 10.9. The van der Waals surface area contributed by atoms with Crippen molar-refractivity contribution in [2.75, 3.05) is 5.75 Å². The molecule has 3 aromatic rings. The van der Waals surface area contributed by atoms with E-state index in [0.717, 1.165) is 17.2 Å². The number of hydrogen-bond donors (Lipinski definition) is 0. The lowest BCUT2D eigenvalue weighted by molar-refractivity contribution is 0.102. The SMILES string of the molecule is C=CCn1c(CSc2nc(C)cc(C)n2)nnc1SCC(=O)c1ccccc1Cl. The minimum atomic E-state index is -0.0479. The first-order valence-electron chi connectivity index (χ1n) is 8.86. The smallest absolute Gasteiger partial charge is 0.191 e. The van der Waals surface area contributed by atoms with Crippen LogP contribution >= 0.6 is 35.1 Å². The summed E-state index contributed by atoms with van der Waals surface area (Å²) in [4.78, 5) is 21.4. The van der Waals surface area contributed by atoms with Crippen LogP contribution in [0, 0.1) is 13.8 Å². The molecule has 29 heavy (non-hydrogen) atoms. The summed E-state index contributed by atoms with van der Waals surface area (Å²) < 4.78 is 1.95. The highest BCUT2D eigenvalue weighted by Crippen LogP contribution is 2.25. The fraction of sp³-hybridized carbons (Fsp3) is 0.250. The third kappa shape index (κ3) is 5.68. The van der Waals surface area contributed by atoms with Crippen molar-refractivity contribution in [3.63, 3.8) is 0 Å². The fourth-order valence-corrected chi connectivity index (χ4v) is 4.61. The number of hydrogen-bond acceptors (Lipinski definition) is 7. The average Bonchev–Trinajstić information content (AvgIpc) is 3.06. The number of carbonyl (C=O) groups excluding carboxylic acids is 1. The van der Waals surface area contributed by atoms with Crippen molar-refractivity contribution >= 4 is 40.9 Å². The van der Waals surface area contributed by atoms with E-state index in [9.17, 15) is 4.79 Å². The lowest BCUT2D eigenvalue weighted by Crippen LogP contribution is -2.07. The summed E-state index contributed by atoms with van der Waals surface area (Å²) in [6.07, 6.45) is 1.78. The Morgan fingerprint density at radius 3 is 2.59 bits per heavy atom. The van der Waals surface area contributed by atoms with E-state index in [0.29, 0.717) is 33.2 Å². The third-order valence-corrected chi connectivity index (χ3v) is 6.04. The Kier molecular flexibility index (Phi) is 7.46. The van der Waals surface area contributed by atoms with Gasteiger partial charge < -0.3 is 4.57 Å². The summed E-state index contributed by atoms with van der Waals surface area (Å²) in [7, 11) is 0. The molecule has 0 amide bonds. The van der Waals surface area contributed by atoms with Crippen LogP contribution in [0.1, 0.15) is 27.6 Å². The summed E-state index contributed by atoms with van der Waals surface area (Å²) in [5.41, 5.74) is 2.38. The fourth-order valence-electron chi connectivity index (χ4n) is 2.63. The molecule has 2 aromatic heterocycles. The molecule has 0 aliphatic carbocycles. The molecule has 0 aliphatic rings. The number of halogens is 1. The number of allylic oxidation sites excluding steroid dienone is 1. The van der Waals surface area contributed by atoms with Crippen molar-refractivity contribution in [2.45, 2.75) is 36.5 Å². The summed E-state index contributed by atoms with van der Waals surface area (Å²) in [6, 6.07) is 8.98. The zero-order valence-corrected chi connectivity index (χ0v) is 18.5. The second-order valence-corrected chi connectivity index (χ2v) is 8.50. The summed E-state index contributed by atoms with van der Waals surface area (Å²) in [5, 5.41) is 10.4. The molecule has 6 nitrogen and oxygen atoms in total. The maximum Gasteiger partial charge on any atom is 0.191 e. The van der Waals surface area contributed by atoms with Gasteiger partial charge in [0, 0.05) is 23.5 Å². The number of thioether (sulfide) groups is 2. The lowest BCUT2D eigenvalue weighted by atomic mass is 10.1. The molecule has 9 heteroatoms. The van der Waals surface area contributed by atoms with Crippen molar-refractivity contribution in [3.05, 3.63) is 70.8 Å². The average molecular weight is 446 g/mol. The van der Waals surface area contributed by atoms with Gasteiger partial charge in [0.15, 0.2) is 16.1 Å². The Morgan fingerprint density at radius 2 is 1.90 bits per heavy atom. The van der Waals surface area contributed by atoms with Crippen LogP contribution < -0.4 is 0 Å². The molecule has 0 saturated heterocycles. The van der Waals surface area contributed by atoms with Crippen molar-refractivity contribution in [2.24, 2.45) is 0 Å². The Bertz CT molecular complexity index is 1020. The largest absolute Gasteiger partial charge is 0.301 e. The molecule has 0 fully saturated rings. The van der Waals surface area contributed by atoms with Gasteiger partial charge in [-0.05, 0) is 32.0 Å². The van der Waals surface area contributed by atoms with Crippen molar-refractivity contribution < 1.29 is 4.79 Å². The van der Waals surface area contributed by atoms with Crippen LogP contribution in [0.5, 0.6) is 0 Å². The van der Waals surface area contributed by atoms with Crippen LogP contribution in [-0.2, 0) is 12.3 Å². The van der Waals surface area contributed by atoms with Crippen molar-refractivity contribution in [3.8, 4) is 0 Å². The maximum atomic E-state index is 12.5. The lowest BCUT2D eigenvalue weighted by Gasteiger charge is -2.08. The predicted molar refractivity (Wildman–Crippen MR) is 118 cm³/mol. The molecule has 150 valence electrons.